The van der Waals surface area contributed by atoms with E-state index >= 15 is 0 Å². The number of furan rings is 1. The van der Waals surface area contributed by atoms with Crippen LogP contribution in [0.3, 0.4) is 0 Å². The van der Waals surface area contributed by atoms with Gasteiger partial charge >= 0.3 is 0 Å². The summed E-state index contributed by atoms with van der Waals surface area (Å²) < 4.78 is 5.25. The molecule has 0 saturated carbocycles. The van der Waals surface area contributed by atoms with Gasteiger partial charge in [-0.3, -0.25) is 10.1 Å². The largest absolute Gasteiger partial charge is 0.461 e. The maximum absolute atomic E-state index is 10.7. The molecule has 0 spiro atoms. The van der Waals surface area contributed by atoms with Crippen molar-refractivity contribution in [3.63, 3.8) is 0 Å². The van der Waals surface area contributed by atoms with Gasteiger partial charge in [0.25, 0.3) is 5.69 Å². The van der Waals surface area contributed by atoms with E-state index < -0.39 is 4.92 Å². The van der Waals surface area contributed by atoms with E-state index in [9.17, 15) is 10.1 Å². The van der Waals surface area contributed by atoms with Crippen molar-refractivity contribution in [2.75, 3.05) is 0 Å². The fourth-order valence-electron chi connectivity index (χ4n) is 1.37. The van der Waals surface area contributed by atoms with Crippen molar-refractivity contribution in [3.8, 4) is 0 Å². The van der Waals surface area contributed by atoms with Crippen molar-refractivity contribution >= 4 is 28.3 Å². The molecular weight excluding hydrogens is 206 g/mol. The van der Waals surface area contributed by atoms with Crippen LogP contribution >= 0.6 is 11.6 Å². The number of aryl methyl sites for hydroxylation is 1. The van der Waals surface area contributed by atoms with Crippen molar-refractivity contribution in [2.45, 2.75) is 6.92 Å². The summed E-state index contributed by atoms with van der Waals surface area (Å²) in [5.74, 6) is 0.630. The monoisotopic (exact) mass is 211 g/mol. The smallest absolute Gasteiger partial charge is 0.281 e. The normalized spacial score (nSPS) is 10.7. The van der Waals surface area contributed by atoms with Gasteiger partial charge in [-0.1, -0.05) is 11.6 Å². The van der Waals surface area contributed by atoms with Crippen LogP contribution in [-0.4, -0.2) is 4.92 Å². The Morgan fingerprint density at radius 3 is 2.79 bits per heavy atom. The number of nitrogens with zero attached hydrogens (tertiary/aromatic N) is 1. The summed E-state index contributed by atoms with van der Waals surface area (Å²) in [4.78, 5) is 10.2. The second-order valence-electron chi connectivity index (χ2n) is 2.95. The van der Waals surface area contributed by atoms with Gasteiger partial charge in [0.1, 0.15) is 11.3 Å². The molecule has 0 N–H and O–H groups in total. The molecule has 0 aliphatic heterocycles. The average Bonchev–Trinajstić information content (AvgIpc) is 2.42. The first-order valence-electron chi connectivity index (χ1n) is 3.92. The van der Waals surface area contributed by atoms with Gasteiger partial charge in [-0.25, -0.2) is 0 Å². The highest BCUT2D eigenvalue weighted by Gasteiger charge is 2.16. The molecule has 0 saturated heterocycles. The number of benzene rings is 1. The third kappa shape index (κ3) is 1.33. The van der Waals surface area contributed by atoms with E-state index in [0.29, 0.717) is 21.8 Å². The average molecular weight is 212 g/mol. The van der Waals surface area contributed by atoms with Gasteiger partial charge in [-0.05, 0) is 13.0 Å². The van der Waals surface area contributed by atoms with Gasteiger partial charge < -0.3 is 4.42 Å². The number of hydrogen-bond donors (Lipinski definition) is 0. The zero-order valence-corrected chi connectivity index (χ0v) is 8.04. The third-order valence-electron chi connectivity index (χ3n) is 1.90. The molecule has 0 amide bonds. The molecule has 72 valence electrons. The number of hydrogen-bond acceptors (Lipinski definition) is 3. The van der Waals surface area contributed by atoms with Gasteiger partial charge in [-0.15, -0.1) is 0 Å². The maximum atomic E-state index is 10.7. The third-order valence-corrected chi connectivity index (χ3v) is 2.12. The van der Waals surface area contributed by atoms with Gasteiger partial charge in [0.2, 0.25) is 0 Å². The highest BCUT2D eigenvalue weighted by Crippen LogP contribution is 2.31. The molecule has 0 aliphatic carbocycles. The fourth-order valence-corrected chi connectivity index (χ4v) is 1.57. The first kappa shape index (κ1) is 9.02. The quantitative estimate of drug-likeness (QED) is 0.537. The SMILES string of the molecule is Cc1cc2c([N+](=O)[O-])cc(Cl)cc2o1. The lowest BCUT2D eigenvalue weighted by Gasteiger charge is -1.93. The Labute approximate surface area is 84.2 Å². The maximum Gasteiger partial charge on any atom is 0.281 e. The van der Waals surface area contributed by atoms with Crippen LogP contribution in [0.5, 0.6) is 0 Å². The number of halogens is 1. The Morgan fingerprint density at radius 1 is 1.43 bits per heavy atom. The van der Waals surface area contributed by atoms with E-state index in [1.807, 2.05) is 0 Å². The summed E-state index contributed by atoms with van der Waals surface area (Å²) in [5.41, 5.74) is 0.422. The summed E-state index contributed by atoms with van der Waals surface area (Å²) in [6.07, 6.45) is 0. The molecule has 2 aromatic rings. The van der Waals surface area contributed by atoms with Crippen LogP contribution in [0.25, 0.3) is 11.0 Å². The Bertz CT molecular complexity index is 518. The second-order valence-corrected chi connectivity index (χ2v) is 3.39. The topological polar surface area (TPSA) is 56.3 Å². The Balaban J connectivity index is 2.85. The highest BCUT2D eigenvalue weighted by atomic mass is 35.5. The van der Waals surface area contributed by atoms with Crippen molar-refractivity contribution in [2.24, 2.45) is 0 Å². The highest BCUT2D eigenvalue weighted by molar-refractivity contribution is 6.31. The standard InChI is InChI=1S/C9H6ClNO3/c1-5-2-7-8(11(12)13)3-6(10)4-9(7)14-5/h2-4H,1H3. The minimum Gasteiger partial charge on any atom is -0.461 e. The first-order valence-corrected chi connectivity index (χ1v) is 4.30. The van der Waals surface area contributed by atoms with E-state index in [0.717, 1.165) is 0 Å². The molecule has 0 aliphatic rings. The number of rotatable bonds is 1. The van der Waals surface area contributed by atoms with Crippen LogP contribution in [0, 0.1) is 17.0 Å². The number of non-ortho nitro benzene ring substituents is 1. The van der Waals surface area contributed by atoms with E-state index in [4.69, 9.17) is 16.0 Å². The zero-order valence-electron chi connectivity index (χ0n) is 7.28. The molecule has 2 rings (SSSR count). The van der Waals surface area contributed by atoms with Crippen molar-refractivity contribution in [1.29, 1.82) is 0 Å². The van der Waals surface area contributed by atoms with Crippen LogP contribution in [0.4, 0.5) is 5.69 Å². The van der Waals surface area contributed by atoms with Crippen LogP contribution < -0.4 is 0 Å². The summed E-state index contributed by atoms with van der Waals surface area (Å²) in [5, 5.41) is 11.5. The van der Waals surface area contributed by atoms with Crippen LogP contribution in [0.2, 0.25) is 5.02 Å². The van der Waals surface area contributed by atoms with Crippen molar-refractivity contribution in [1.82, 2.24) is 0 Å². The van der Waals surface area contributed by atoms with Crippen LogP contribution in [0.1, 0.15) is 5.76 Å². The molecule has 1 aromatic carbocycles. The Hall–Kier alpha value is -1.55. The van der Waals surface area contributed by atoms with Crippen molar-refractivity contribution < 1.29 is 9.34 Å². The Morgan fingerprint density at radius 2 is 2.14 bits per heavy atom. The molecule has 1 heterocycles. The molecule has 0 bridgehead atoms. The first-order chi connectivity index (χ1) is 6.58. The second kappa shape index (κ2) is 2.99. The van der Waals surface area contributed by atoms with Crippen molar-refractivity contribution in [3.05, 3.63) is 39.1 Å². The Kier molecular flexibility index (Phi) is 1.93. The lowest BCUT2D eigenvalue weighted by atomic mass is 10.2. The summed E-state index contributed by atoms with van der Waals surface area (Å²) in [6.45, 7) is 1.73. The zero-order chi connectivity index (χ0) is 10.3. The molecule has 1 aromatic heterocycles. The predicted molar refractivity (Wildman–Crippen MR) is 52.6 cm³/mol. The minimum atomic E-state index is -0.469. The van der Waals surface area contributed by atoms with Gasteiger partial charge in [-0.2, -0.15) is 0 Å². The minimum absolute atomic E-state index is 0.0237. The van der Waals surface area contributed by atoms with Gasteiger partial charge in [0.15, 0.2) is 0 Å². The molecule has 0 fully saturated rings. The lowest BCUT2D eigenvalue weighted by Crippen LogP contribution is -1.87. The summed E-state index contributed by atoms with van der Waals surface area (Å²) in [7, 11) is 0. The fraction of sp³-hybridized carbons (Fsp3) is 0.111. The number of fused-ring (bicyclic) bond motifs is 1. The number of nitro groups is 1. The summed E-state index contributed by atoms with van der Waals surface area (Å²) >= 11 is 5.71. The lowest BCUT2D eigenvalue weighted by molar-refractivity contribution is -0.383. The molecule has 5 heteroatoms. The number of nitro benzene ring substituents is 1. The van der Waals surface area contributed by atoms with E-state index in [-0.39, 0.29) is 5.69 Å². The molecule has 0 radical (unpaired) electrons. The molecule has 0 unspecified atom stereocenters. The molecule has 4 nitrogen and oxygen atoms in total. The van der Waals surface area contributed by atoms with Crippen LogP contribution in [0.15, 0.2) is 22.6 Å². The van der Waals surface area contributed by atoms with Crippen LogP contribution in [-0.2, 0) is 0 Å². The van der Waals surface area contributed by atoms with E-state index in [1.165, 1.54) is 6.07 Å². The molecule has 14 heavy (non-hydrogen) atoms. The van der Waals surface area contributed by atoms with Gasteiger partial charge in [0.05, 0.1) is 15.3 Å². The summed E-state index contributed by atoms with van der Waals surface area (Å²) in [6, 6.07) is 4.51. The van der Waals surface area contributed by atoms with E-state index in [2.05, 4.69) is 0 Å². The molecular formula is C9H6ClNO3. The predicted octanol–water partition coefficient (Wildman–Crippen LogP) is 3.30. The van der Waals surface area contributed by atoms with E-state index in [1.54, 1.807) is 19.1 Å². The molecule has 0 atom stereocenters. The van der Waals surface area contributed by atoms with Gasteiger partial charge in [0, 0.05) is 12.1 Å².